The first-order chi connectivity index (χ1) is 17.4. The minimum atomic E-state index is -0.493. The summed E-state index contributed by atoms with van der Waals surface area (Å²) >= 11 is 3.44. The summed E-state index contributed by atoms with van der Waals surface area (Å²) in [7, 11) is 0. The van der Waals surface area contributed by atoms with Gasteiger partial charge in [0.25, 0.3) is 17.7 Å². The Morgan fingerprint density at radius 2 is 1.43 bits per heavy atom. The minimum absolute atomic E-state index is 0.00866. The van der Waals surface area contributed by atoms with Gasteiger partial charge < -0.3 is 10.1 Å². The van der Waals surface area contributed by atoms with E-state index in [1.165, 1.54) is 0 Å². The minimum Gasteiger partial charge on any atom is -0.483 e. The second-order valence-corrected chi connectivity index (χ2v) is 10.9. The molecule has 0 bridgehead atoms. The molecule has 0 saturated carbocycles. The zero-order valence-corrected chi connectivity index (χ0v) is 23.2. The quantitative estimate of drug-likeness (QED) is 0.308. The third kappa shape index (κ3) is 7.92. The van der Waals surface area contributed by atoms with Crippen LogP contribution in [0.2, 0.25) is 0 Å². The van der Waals surface area contributed by atoms with E-state index in [0.29, 0.717) is 22.6 Å². The summed E-state index contributed by atoms with van der Waals surface area (Å²) in [4.78, 5) is 37.1. The largest absolute Gasteiger partial charge is 0.483 e. The van der Waals surface area contributed by atoms with E-state index in [-0.39, 0.29) is 23.8 Å². The molecule has 0 aliphatic carbocycles. The molecule has 3 aromatic rings. The number of carbonyl (C=O) groups excluding carboxylic acids is 3. The highest BCUT2D eigenvalue weighted by atomic mass is 79.9. The van der Waals surface area contributed by atoms with Crippen molar-refractivity contribution in [3.8, 4) is 5.75 Å². The fraction of sp³-hybridized carbons (Fsp3) is 0.276. The van der Waals surface area contributed by atoms with E-state index >= 15 is 0 Å². The molecule has 0 unspecified atom stereocenters. The molecule has 37 heavy (non-hydrogen) atoms. The normalized spacial score (nSPS) is 11.1. The zero-order valence-electron chi connectivity index (χ0n) is 21.6. The maximum atomic E-state index is 12.6. The first-order valence-corrected chi connectivity index (χ1v) is 12.8. The van der Waals surface area contributed by atoms with Crippen LogP contribution in [0.1, 0.15) is 72.4 Å². The lowest BCUT2D eigenvalue weighted by molar-refractivity contribution is -0.123. The summed E-state index contributed by atoms with van der Waals surface area (Å²) in [5, 5.41) is 2.82. The van der Waals surface area contributed by atoms with Gasteiger partial charge in [-0.1, -0.05) is 62.7 Å². The summed E-state index contributed by atoms with van der Waals surface area (Å²) in [6.07, 6.45) is 0. The van der Waals surface area contributed by atoms with Gasteiger partial charge in [-0.2, -0.15) is 0 Å². The van der Waals surface area contributed by atoms with Crippen LogP contribution in [0.25, 0.3) is 0 Å². The van der Waals surface area contributed by atoms with Gasteiger partial charge in [-0.3, -0.25) is 25.2 Å². The molecule has 8 heteroatoms. The summed E-state index contributed by atoms with van der Waals surface area (Å²) < 4.78 is 6.57. The second-order valence-electron chi connectivity index (χ2n) is 9.99. The number of hydrogen-bond acceptors (Lipinski definition) is 4. The van der Waals surface area contributed by atoms with Crippen LogP contribution in [-0.4, -0.2) is 24.3 Å². The van der Waals surface area contributed by atoms with Crippen molar-refractivity contribution in [3.63, 3.8) is 0 Å². The molecule has 3 N–H and O–H groups in total. The van der Waals surface area contributed by atoms with Crippen molar-refractivity contribution in [2.24, 2.45) is 0 Å². The Kier molecular flexibility index (Phi) is 9.10. The number of rotatable bonds is 7. The van der Waals surface area contributed by atoms with E-state index < -0.39 is 11.8 Å². The number of anilines is 1. The molecule has 0 saturated heterocycles. The van der Waals surface area contributed by atoms with E-state index in [0.717, 1.165) is 15.6 Å². The average molecular weight is 566 g/mol. The van der Waals surface area contributed by atoms with Crippen molar-refractivity contribution in [2.75, 3.05) is 11.9 Å². The highest BCUT2D eigenvalue weighted by Gasteiger charge is 2.15. The number of amides is 3. The van der Waals surface area contributed by atoms with E-state index in [1.54, 1.807) is 42.5 Å². The summed E-state index contributed by atoms with van der Waals surface area (Å²) in [5.41, 5.74) is 8.27. The van der Waals surface area contributed by atoms with Gasteiger partial charge in [-0.05, 0) is 77.1 Å². The first kappa shape index (κ1) is 27.9. The molecule has 0 aliphatic rings. The van der Waals surface area contributed by atoms with Gasteiger partial charge in [-0.15, -0.1) is 0 Å². The Morgan fingerprint density at radius 3 is 2.03 bits per heavy atom. The predicted octanol–water partition coefficient (Wildman–Crippen LogP) is 5.96. The number of ether oxygens (including phenoxy) is 1. The molecule has 194 valence electrons. The number of hydrazine groups is 1. The van der Waals surface area contributed by atoms with E-state index in [2.05, 4.69) is 52.9 Å². The number of carbonyl (C=O) groups is 3. The molecule has 0 fully saturated rings. The van der Waals surface area contributed by atoms with Gasteiger partial charge in [0.1, 0.15) is 5.75 Å². The van der Waals surface area contributed by atoms with Crippen molar-refractivity contribution < 1.29 is 19.1 Å². The molecule has 3 amide bonds. The fourth-order valence-electron chi connectivity index (χ4n) is 3.51. The number of halogens is 1. The van der Waals surface area contributed by atoms with E-state index in [9.17, 15) is 14.4 Å². The second kappa shape index (κ2) is 12.1. The van der Waals surface area contributed by atoms with E-state index in [4.69, 9.17) is 4.74 Å². The third-order valence-electron chi connectivity index (χ3n) is 5.69. The fourth-order valence-corrected chi connectivity index (χ4v) is 3.89. The van der Waals surface area contributed by atoms with Crippen molar-refractivity contribution in [1.29, 1.82) is 0 Å². The van der Waals surface area contributed by atoms with Crippen molar-refractivity contribution in [1.82, 2.24) is 10.9 Å². The standard InChI is InChI=1S/C29H32BrN3O4/c1-18(2)24-16-22(30)12-15-25(24)37-17-26(34)32-33-28(36)20-8-13-23(14-9-20)31-27(35)19-6-10-21(11-7-19)29(3,4)5/h6-16,18H,17H2,1-5H3,(H,31,35)(H,32,34)(H,33,36). The third-order valence-corrected chi connectivity index (χ3v) is 6.18. The van der Waals surface area contributed by atoms with Gasteiger partial charge in [0.15, 0.2) is 6.61 Å². The topological polar surface area (TPSA) is 96.5 Å². The molecule has 0 atom stereocenters. The number of benzene rings is 3. The van der Waals surface area contributed by atoms with E-state index in [1.807, 2.05) is 38.1 Å². The molecule has 0 heterocycles. The average Bonchev–Trinajstić information content (AvgIpc) is 2.86. The highest BCUT2D eigenvalue weighted by molar-refractivity contribution is 9.10. The lowest BCUT2D eigenvalue weighted by Crippen LogP contribution is -2.43. The van der Waals surface area contributed by atoms with Crippen LogP contribution in [0.5, 0.6) is 5.75 Å². The van der Waals surface area contributed by atoms with Gasteiger partial charge in [0, 0.05) is 21.3 Å². The molecule has 0 aliphatic heterocycles. The van der Waals surface area contributed by atoms with Gasteiger partial charge in [0.05, 0.1) is 0 Å². The smallest absolute Gasteiger partial charge is 0.276 e. The Balaban J connectivity index is 1.49. The molecule has 3 aromatic carbocycles. The first-order valence-electron chi connectivity index (χ1n) is 12.0. The maximum Gasteiger partial charge on any atom is 0.276 e. The Hall–Kier alpha value is -3.65. The molecule has 0 aromatic heterocycles. The van der Waals surface area contributed by atoms with Crippen molar-refractivity contribution in [2.45, 2.75) is 46.0 Å². The predicted molar refractivity (Wildman–Crippen MR) is 149 cm³/mol. The molecular formula is C29H32BrN3O4. The SMILES string of the molecule is CC(C)c1cc(Br)ccc1OCC(=O)NNC(=O)c1ccc(NC(=O)c2ccc(C(C)(C)C)cc2)cc1. The number of nitrogens with one attached hydrogen (secondary N) is 3. The Bertz CT molecular complexity index is 1260. The molecule has 0 radical (unpaired) electrons. The van der Waals surface area contributed by atoms with Gasteiger partial charge >= 0.3 is 0 Å². The van der Waals surface area contributed by atoms with Crippen LogP contribution in [0.3, 0.4) is 0 Å². The summed E-state index contributed by atoms with van der Waals surface area (Å²) in [5.74, 6) is -0.390. The van der Waals surface area contributed by atoms with Gasteiger partial charge in [0.2, 0.25) is 0 Å². The summed E-state index contributed by atoms with van der Waals surface area (Å²) in [6.45, 7) is 10.2. The van der Waals surface area contributed by atoms with Crippen LogP contribution in [0.15, 0.2) is 71.2 Å². The van der Waals surface area contributed by atoms with Crippen LogP contribution < -0.4 is 20.9 Å². The van der Waals surface area contributed by atoms with Crippen LogP contribution >= 0.6 is 15.9 Å². The van der Waals surface area contributed by atoms with Crippen molar-refractivity contribution >= 4 is 39.3 Å². The molecular weight excluding hydrogens is 534 g/mol. The Labute approximate surface area is 226 Å². The van der Waals surface area contributed by atoms with Gasteiger partial charge in [-0.25, -0.2) is 0 Å². The lowest BCUT2D eigenvalue weighted by atomic mass is 9.87. The highest BCUT2D eigenvalue weighted by Crippen LogP contribution is 2.29. The summed E-state index contributed by atoms with van der Waals surface area (Å²) in [6, 6.07) is 19.5. The lowest BCUT2D eigenvalue weighted by Gasteiger charge is -2.19. The molecule has 3 rings (SSSR count). The number of hydrogen-bond donors (Lipinski definition) is 3. The Morgan fingerprint density at radius 1 is 0.838 bits per heavy atom. The maximum absolute atomic E-state index is 12.6. The monoisotopic (exact) mass is 565 g/mol. The molecule has 7 nitrogen and oxygen atoms in total. The van der Waals surface area contributed by atoms with Crippen LogP contribution in [0, 0.1) is 0 Å². The van der Waals surface area contributed by atoms with Crippen LogP contribution in [-0.2, 0) is 10.2 Å². The molecule has 0 spiro atoms. The zero-order chi connectivity index (χ0) is 27.2. The van der Waals surface area contributed by atoms with Crippen molar-refractivity contribution in [3.05, 3.63) is 93.5 Å². The van der Waals surface area contributed by atoms with Crippen LogP contribution in [0.4, 0.5) is 5.69 Å².